The maximum Gasteiger partial charge on any atom is 0.182 e. The van der Waals surface area contributed by atoms with Crippen molar-refractivity contribution >= 4 is 17.2 Å². The zero-order valence-electron chi connectivity index (χ0n) is 18.6. The number of nitrogen functional groups attached to an aromatic ring is 1. The molecular formula is C26H26N6. The number of benzene rings is 2. The Kier molecular flexibility index (Phi) is 4.78. The minimum atomic E-state index is 0.254. The molecule has 0 bridgehead atoms. The maximum atomic E-state index is 6.26. The molecule has 3 heterocycles. The average Bonchev–Trinajstić information content (AvgIpc) is 3.41. The fourth-order valence-electron chi connectivity index (χ4n) is 4.20. The Morgan fingerprint density at radius 1 is 1.03 bits per heavy atom. The molecule has 0 radical (unpaired) electrons. The maximum absolute atomic E-state index is 6.26. The summed E-state index contributed by atoms with van der Waals surface area (Å²) in [6.45, 7) is 11.4. The van der Waals surface area contributed by atoms with Crippen LogP contribution >= 0.6 is 0 Å². The Bertz CT molecular complexity index is 1330. The van der Waals surface area contributed by atoms with Crippen molar-refractivity contribution in [2.75, 3.05) is 10.6 Å². The summed E-state index contributed by atoms with van der Waals surface area (Å²) >= 11 is 0. The minimum Gasteiger partial charge on any atom is -0.398 e. The van der Waals surface area contributed by atoms with Crippen molar-refractivity contribution in [1.82, 2.24) is 19.7 Å². The summed E-state index contributed by atoms with van der Waals surface area (Å²) in [5.74, 6) is 1.61. The lowest BCUT2D eigenvalue weighted by atomic mass is 9.97. The first-order valence-corrected chi connectivity index (χ1v) is 10.8. The second-order valence-electron chi connectivity index (χ2n) is 8.53. The highest BCUT2D eigenvalue weighted by atomic mass is 15.3. The van der Waals surface area contributed by atoms with E-state index in [-0.39, 0.29) is 6.04 Å². The first-order chi connectivity index (χ1) is 15.4. The van der Waals surface area contributed by atoms with Crippen molar-refractivity contribution in [3.63, 3.8) is 0 Å². The summed E-state index contributed by atoms with van der Waals surface area (Å²) < 4.78 is 2.03. The van der Waals surface area contributed by atoms with Gasteiger partial charge in [-0.3, -0.25) is 0 Å². The molecule has 2 N–H and O–H groups in total. The Morgan fingerprint density at radius 3 is 2.69 bits per heavy atom. The Labute approximate surface area is 188 Å². The van der Waals surface area contributed by atoms with Crippen LogP contribution in [0.25, 0.3) is 28.3 Å². The fraction of sp³-hybridized carbons (Fsp3) is 0.192. The number of anilines is 2. The van der Waals surface area contributed by atoms with Gasteiger partial charge in [-0.2, -0.15) is 0 Å². The third-order valence-electron chi connectivity index (χ3n) is 5.96. The molecule has 4 aromatic rings. The van der Waals surface area contributed by atoms with Gasteiger partial charge < -0.3 is 15.2 Å². The number of pyridine rings is 1. The molecule has 2 aromatic heterocycles. The predicted octanol–water partition coefficient (Wildman–Crippen LogP) is 5.47. The molecule has 0 unspecified atom stereocenters. The SMILES string of the molecule is C=C1c2cc(-c3cc(C)ccc3N)ccc2CN1c1cccc(-c2nncn2C(C)C)n1. The quantitative estimate of drug-likeness (QED) is 0.442. The summed E-state index contributed by atoms with van der Waals surface area (Å²) in [7, 11) is 0. The van der Waals surface area contributed by atoms with Crippen LogP contribution in [0.4, 0.5) is 11.5 Å². The number of nitrogens with zero attached hydrogens (tertiary/aromatic N) is 5. The molecule has 160 valence electrons. The summed E-state index contributed by atoms with van der Waals surface area (Å²) in [6.07, 6.45) is 1.75. The number of fused-ring (bicyclic) bond motifs is 1. The van der Waals surface area contributed by atoms with Gasteiger partial charge in [-0.15, -0.1) is 10.2 Å². The van der Waals surface area contributed by atoms with Crippen molar-refractivity contribution in [3.8, 4) is 22.6 Å². The van der Waals surface area contributed by atoms with Crippen molar-refractivity contribution in [1.29, 1.82) is 0 Å². The van der Waals surface area contributed by atoms with Crippen LogP contribution < -0.4 is 10.6 Å². The number of rotatable bonds is 4. The van der Waals surface area contributed by atoms with Crippen molar-refractivity contribution < 1.29 is 0 Å². The van der Waals surface area contributed by atoms with Crippen LogP contribution in [0.2, 0.25) is 0 Å². The number of nitrogens with two attached hydrogens (primary N) is 1. The van der Waals surface area contributed by atoms with E-state index in [4.69, 9.17) is 10.7 Å². The van der Waals surface area contributed by atoms with Crippen LogP contribution in [0.5, 0.6) is 0 Å². The molecule has 0 spiro atoms. The van der Waals surface area contributed by atoms with E-state index in [1.807, 2.05) is 34.9 Å². The van der Waals surface area contributed by atoms with Gasteiger partial charge in [0.05, 0.1) is 6.54 Å². The molecule has 5 rings (SSSR count). The lowest BCUT2D eigenvalue weighted by Crippen LogP contribution is -2.15. The van der Waals surface area contributed by atoms with E-state index in [0.717, 1.165) is 52.0 Å². The number of hydrogen-bond donors (Lipinski definition) is 1. The summed E-state index contributed by atoms with van der Waals surface area (Å²) in [5.41, 5.74) is 14.4. The monoisotopic (exact) mass is 422 g/mol. The van der Waals surface area contributed by atoms with E-state index in [1.54, 1.807) is 6.33 Å². The molecule has 32 heavy (non-hydrogen) atoms. The normalized spacial score (nSPS) is 13.1. The van der Waals surface area contributed by atoms with E-state index < -0.39 is 0 Å². The van der Waals surface area contributed by atoms with Gasteiger partial charge in [0.1, 0.15) is 17.8 Å². The van der Waals surface area contributed by atoms with Crippen LogP contribution in [-0.4, -0.2) is 19.7 Å². The fourth-order valence-corrected chi connectivity index (χ4v) is 4.20. The highest BCUT2D eigenvalue weighted by Crippen LogP contribution is 2.38. The Hall–Kier alpha value is -3.93. The molecule has 0 fully saturated rings. The zero-order chi connectivity index (χ0) is 22.4. The molecule has 0 saturated heterocycles. The molecule has 0 aliphatic carbocycles. The topological polar surface area (TPSA) is 72.9 Å². The van der Waals surface area contributed by atoms with E-state index in [1.165, 1.54) is 11.1 Å². The average molecular weight is 423 g/mol. The standard InChI is InChI=1S/C26H26N6/c1-16(2)32-15-28-30-26(32)24-6-5-7-25(29-24)31-14-20-10-9-19(13-21(20)18(31)4)22-12-17(3)8-11-23(22)27/h5-13,15-16H,4,14,27H2,1-3H3. The molecular weight excluding hydrogens is 396 g/mol. The molecule has 1 aliphatic heterocycles. The summed E-state index contributed by atoms with van der Waals surface area (Å²) in [4.78, 5) is 7.05. The van der Waals surface area contributed by atoms with E-state index >= 15 is 0 Å². The zero-order valence-corrected chi connectivity index (χ0v) is 18.6. The van der Waals surface area contributed by atoms with Gasteiger partial charge in [-0.1, -0.05) is 36.4 Å². The molecule has 0 atom stereocenters. The number of hydrogen-bond acceptors (Lipinski definition) is 5. The van der Waals surface area contributed by atoms with Gasteiger partial charge in [0.25, 0.3) is 0 Å². The first kappa shape index (κ1) is 20.0. The van der Waals surface area contributed by atoms with Crippen molar-refractivity contribution in [3.05, 3.63) is 84.2 Å². The van der Waals surface area contributed by atoms with Crippen LogP contribution in [0, 0.1) is 6.92 Å². The van der Waals surface area contributed by atoms with Gasteiger partial charge in [0, 0.05) is 28.6 Å². The number of aryl methyl sites for hydroxylation is 1. The Balaban J connectivity index is 1.49. The smallest absolute Gasteiger partial charge is 0.182 e. The van der Waals surface area contributed by atoms with Crippen LogP contribution in [0.15, 0.2) is 67.5 Å². The molecule has 6 nitrogen and oxygen atoms in total. The van der Waals surface area contributed by atoms with Gasteiger partial charge in [-0.05, 0) is 62.2 Å². The predicted molar refractivity (Wildman–Crippen MR) is 130 cm³/mol. The second-order valence-corrected chi connectivity index (χ2v) is 8.53. The van der Waals surface area contributed by atoms with Gasteiger partial charge >= 0.3 is 0 Å². The molecule has 6 heteroatoms. The van der Waals surface area contributed by atoms with E-state index in [9.17, 15) is 0 Å². The molecule has 0 saturated carbocycles. The first-order valence-electron chi connectivity index (χ1n) is 10.8. The lowest BCUT2D eigenvalue weighted by Gasteiger charge is -2.19. The van der Waals surface area contributed by atoms with Gasteiger partial charge in [0.15, 0.2) is 5.82 Å². The lowest BCUT2D eigenvalue weighted by molar-refractivity contribution is 0.603. The molecule has 0 amide bonds. The third kappa shape index (κ3) is 3.34. The third-order valence-corrected chi connectivity index (χ3v) is 5.96. The van der Waals surface area contributed by atoms with Crippen molar-refractivity contribution in [2.45, 2.75) is 33.4 Å². The Morgan fingerprint density at radius 2 is 1.88 bits per heavy atom. The number of aromatic nitrogens is 4. The van der Waals surface area contributed by atoms with Crippen molar-refractivity contribution in [2.24, 2.45) is 0 Å². The largest absolute Gasteiger partial charge is 0.398 e. The van der Waals surface area contributed by atoms with Crippen LogP contribution in [0.3, 0.4) is 0 Å². The van der Waals surface area contributed by atoms with Crippen LogP contribution in [-0.2, 0) is 6.54 Å². The summed E-state index contributed by atoms with van der Waals surface area (Å²) in [5, 5.41) is 8.37. The minimum absolute atomic E-state index is 0.254. The van der Waals surface area contributed by atoms with Crippen LogP contribution in [0.1, 0.15) is 36.6 Å². The van der Waals surface area contributed by atoms with Gasteiger partial charge in [0.2, 0.25) is 0 Å². The van der Waals surface area contributed by atoms with E-state index in [2.05, 4.69) is 66.7 Å². The molecule has 2 aromatic carbocycles. The molecule has 1 aliphatic rings. The highest BCUT2D eigenvalue weighted by Gasteiger charge is 2.25. The van der Waals surface area contributed by atoms with E-state index in [0.29, 0.717) is 0 Å². The second kappa shape index (κ2) is 7.64. The van der Waals surface area contributed by atoms with Gasteiger partial charge in [-0.25, -0.2) is 4.98 Å². The highest BCUT2D eigenvalue weighted by molar-refractivity contribution is 5.87. The summed E-state index contributed by atoms with van der Waals surface area (Å²) in [6, 6.07) is 18.8.